The lowest BCUT2D eigenvalue weighted by molar-refractivity contribution is 0.230. The summed E-state index contributed by atoms with van der Waals surface area (Å²) >= 11 is 0. The first-order valence-electron chi connectivity index (χ1n) is 3.00. The van der Waals surface area contributed by atoms with Crippen LogP contribution in [0.25, 0.3) is 0 Å². The van der Waals surface area contributed by atoms with Gasteiger partial charge in [0.05, 0.1) is 12.9 Å². The van der Waals surface area contributed by atoms with Gasteiger partial charge in [0.1, 0.15) is 0 Å². The fraction of sp³-hybridized carbons (Fsp3) is 0.714. The first kappa shape index (κ1) is 7.54. The zero-order valence-electron chi connectivity index (χ0n) is 5.68. The molecule has 1 heteroatoms. The Kier molecular flexibility index (Phi) is 4.42. The Balaban J connectivity index is 2.81. The second-order valence-electron chi connectivity index (χ2n) is 2.22. The van der Waals surface area contributed by atoms with Crippen molar-refractivity contribution in [2.24, 2.45) is 5.92 Å². The smallest absolute Gasteiger partial charge is 0.0875 e. The Morgan fingerprint density at radius 1 is 1.62 bits per heavy atom. The fourth-order valence-electron chi connectivity index (χ4n) is 0.387. The van der Waals surface area contributed by atoms with E-state index in [4.69, 9.17) is 4.74 Å². The summed E-state index contributed by atoms with van der Waals surface area (Å²) in [5.74, 6) is 0.731. The maximum atomic E-state index is 4.91. The van der Waals surface area contributed by atoms with E-state index >= 15 is 0 Å². The van der Waals surface area contributed by atoms with Gasteiger partial charge in [-0.1, -0.05) is 20.4 Å². The molecule has 0 aromatic heterocycles. The van der Waals surface area contributed by atoms with Gasteiger partial charge >= 0.3 is 0 Å². The van der Waals surface area contributed by atoms with Crippen LogP contribution in [0.15, 0.2) is 12.8 Å². The van der Waals surface area contributed by atoms with Crippen LogP contribution in [-0.2, 0) is 4.74 Å². The highest BCUT2D eigenvalue weighted by molar-refractivity contribution is 4.50. The first-order valence-corrected chi connectivity index (χ1v) is 3.00. The molecule has 0 aliphatic heterocycles. The molecule has 1 nitrogen and oxygen atoms in total. The summed E-state index contributed by atoms with van der Waals surface area (Å²) < 4.78 is 4.91. The Hall–Kier alpha value is -0.460. The van der Waals surface area contributed by atoms with Gasteiger partial charge in [0.2, 0.25) is 0 Å². The lowest BCUT2D eigenvalue weighted by atomic mass is 10.1. The van der Waals surface area contributed by atoms with Crippen molar-refractivity contribution in [3.8, 4) is 0 Å². The third kappa shape index (κ3) is 5.54. The molecule has 0 heterocycles. The summed E-state index contributed by atoms with van der Waals surface area (Å²) in [6.45, 7) is 8.59. The van der Waals surface area contributed by atoms with Crippen LogP contribution in [0.2, 0.25) is 0 Å². The second kappa shape index (κ2) is 4.69. The second-order valence-corrected chi connectivity index (χ2v) is 2.22. The van der Waals surface area contributed by atoms with Crippen molar-refractivity contribution in [1.82, 2.24) is 0 Å². The van der Waals surface area contributed by atoms with Crippen LogP contribution in [-0.4, -0.2) is 6.61 Å². The summed E-state index contributed by atoms with van der Waals surface area (Å²) in [5, 5.41) is 0. The lowest BCUT2D eigenvalue weighted by Crippen LogP contribution is -1.93. The van der Waals surface area contributed by atoms with Gasteiger partial charge in [-0.05, 0) is 12.3 Å². The minimum absolute atomic E-state index is 0.731. The largest absolute Gasteiger partial charge is 0.502 e. The van der Waals surface area contributed by atoms with E-state index in [1.165, 1.54) is 6.26 Å². The van der Waals surface area contributed by atoms with Crippen molar-refractivity contribution < 1.29 is 4.74 Å². The van der Waals surface area contributed by atoms with E-state index in [-0.39, 0.29) is 0 Å². The fourth-order valence-corrected chi connectivity index (χ4v) is 0.387. The average Bonchev–Trinajstić information content (AvgIpc) is 1.66. The van der Waals surface area contributed by atoms with Crippen LogP contribution in [0, 0.1) is 5.92 Å². The first-order chi connectivity index (χ1) is 3.77. The predicted molar refractivity (Wildman–Crippen MR) is 35.6 cm³/mol. The molecule has 0 saturated heterocycles. The topological polar surface area (TPSA) is 9.23 Å². The van der Waals surface area contributed by atoms with E-state index < -0.39 is 0 Å². The lowest BCUT2D eigenvalue weighted by Gasteiger charge is -2.01. The summed E-state index contributed by atoms with van der Waals surface area (Å²) in [4.78, 5) is 0. The van der Waals surface area contributed by atoms with Gasteiger partial charge < -0.3 is 4.74 Å². The number of hydrogen-bond donors (Lipinski definition) is 0. The van der Waals surface area contributed by atoms with Crippen LogP contribution in [0.5, 0.6) is 0 Å². The predicted octanol–water partition coefficient (Wildman–Crippen LogP) is 2.19. The molecule has 0 radical (unpaired) electrons. The quantitative estimate of drug-likeness (QED) is 0.402. The van der Waals surface area contributed by atoms with E-state index in [1.807, 2.05) is 0 Å². The summed E-state index contributed by atoms with van der Waals surface area (Å²) in [5.41, 5.74) is 0. The van der Waals surface area contributed by atoms with E-state index in [2.05, 4.69) is 20.4 Å². The monoisotopic (exact) mass is 114 g/mol. The molecule has 8 heavy (non-hydrogen) atoms. The van der Waals surface area contributed by atoms with Crippen LogP contribution in [0.1, 0.15) is 20.3 Å². The van der Waals surface area contributed by atoms with Gasteiger partial charge in [0, 0.05) is 0 Å². The van der Waals surface area contributed by atoms with Gasteiger partial charge in [-0.2, -0.15) is 0 Å². The number of hydrogen-bond acceptors (Lipinski definition) is 1. The molecule has 0 rings (SSSR count). The molecule has 0 aromatic carbocycles. The van der Waals surface area contributed by atoms with Crippen molar-refractivity contribution in [3.05, 3.63) is 12.8 Å². The molecule has 0 saturated carbocycles. The van der Waals surface area contributed by atoms with Gasteiger partial charge in [-0.3, -0.25) is 0 Å². The van der Waals surface area contributed by atoms with Gasteiger partial charge in [0.25, 0.3) is 0 Å². The molecular weight excluding hydrogens is 100 g/mol. The SMILES string of the molecule is C=COCCC(C)C. The maximum absolute atomic E-state index is 4.91. The maximum Gasteiger partial charge on any atom is 0.0875 e. The summed E-state index contributed by atoms with van der Waals surface area (Å²) in [7, 11) is 0. The normalized spacial score (nSPS) is 9.38. The highest BCUT2D eigenvalue weighted by atomic mass is 16.5. The minimum Gasteiger partial charge on any atom is -0.502 e. The van der Waals surface area contributed by atoms with E-state index in [9.17, 15) is 0 Å². The Labute approximate surface area is 51.4 Å². The van der Waals surface area contributed by atoms with Crippen LogP contribution in [0.4, 0.5) is 0 Å². The molecular formula is C7H14O. The molecule has 0 aliphatic rings. The molecule has 0 unspecified atom stereocenters. The van der Waals surface area contributed by atoms with E-state index in [0.717, 1.165) is 18.9 Å². The van der Waals surface area contributed by atoms with Gasteiger partial charge in [-0.25, -0.2) is 0 Å². The highest BCUT2D eigenvalue weighted by Gasteiger charge is 1.89. The third-order valence-corrected chi connectivity index (χ3v) is 0.931. The molecule has 0 aromatic rings. The van der Waals surface area contributed by atoms with Crippen LogP contribution >= 0.6 is 0 Å². The minimum atomic E-state index is 0.731. The Bertz CT molecular complexity index is 57.4. The van der Waals surface area contributed by atoms with Crippen molar-refractivity contribution in [2.45, 2.75) is 20.3 Å². The average molecular weight is 114 g/mol. The van der Waals surface area contributed by atoms with E-state index in [0.29, 0.717) is 0 Å². The van der Waals surface area contributed by atoms with Gasteiger partial charge in [0.15, 0.2) is 0 Å². The summed E-state index contributed by atoms with van der Waals surface area (Å²) in [6, 6.07) is 0. The molecule has 48 valence electrons. The van der Waals surface area contributed by atoms with E-state index in [1.54, 1.807) is 0 Å². The molecule has 0 amide bonds. The zero-order chi connectivity index (χ0) is 6.41. The standard InChI is InChI=1S/C7H14O/c1-4-8-6-5-7(2)3/h4,7H,1,5-6H2,2-3H3. The zero-order valence-corrected chi connectivity index (χ0v) is 5.68. The molecule has 0 atom stereocenters. The number of rotatable bonds is 4. The molecule has 0 N–H and O–H groups in total. The van der Waals surface area contributed by atoms with Crippen LogP contribution < -0.4 is 0 Å². The van der Waals surface area contributed by atoms with Crippen molar-refractivity contribution in [2.75, 3.05) is 6.61 Å². The van der Waals surface area contributed by atoms with Crippen LogP contribution in [0.3, 0.4) is 0 Å². The molecule has 0 spiro atoms. The molecule has 0 fully saturated rings. The molecule has 0 bridgehead atoms. The summed E-state index contributed by atoms with van der Waals surface area (Å²) in [6.07, 6.45) is 2.61. The Morgan fingerprint density at radius 3 is 2.62 bits per heavy atom. The highest BCUT2D eigenvalue weighted by Crippen LogP contribution is 1.97. The van der Waals surface area contributed by atoms with Gasteiger partial charge in [-0.15, -0.1) is 0 Å². The van der Waals surface area contributed by atoms with Crippen molar-refractivity contribution in [3.63, 3.8) is 0 Å². The number of ether oxygens (including phenoxy) is 1. The van der Waals surface area contributed by atoms with Crippen molar-refractivity contribution in [1.29, 1.82) is 0 Å². The Morgan fingerprint density at radius 2 is 2.25 bits per heavy atom. The molecule has 0 aliphatic carbocycles. The third-order valence-electron chi connectivity index (χ3n) is 0.931. The van der Waals surface area contributed by atoms with Crippen molar-refractivity contribution >= 4 is 0 Å².